The van der Waals surface area contributed by atoms with Gasteiger partial charge in [0.25, 0.3) is 0 Å². The van der Waals surface area contributed by atoms with E-state index in [0.717, 1.165) is 50.5 Å². The van der Waals surface area contributed by atoms with E-state index in [2.05, 4.69) is 24.1 Å². The highest BCUT2D eigenvalue weighted by atomic mass is 35.5. The van der Waals surface area contributed by atoms with Crippen LogP contribution in [0.1, 0.15) is 49.1 Å². The summed E-state index contributed by atoms with van der Waals surface area (Å²) in [5.74, 6) is 0.914. The number of hydrogen-bond donors (Lipinski definition) is 0. The number of nitrogens with zero attached hydrogens (tertiary/aromatic N) is 2. The first-order valence-electron chi connectivity index (χ1n) is 8.88. The van der Waals surface area contributed by atoms with E-state index < -0.39 is 0 Å². The van der Waals surface area contributed by atoms with Crippen LogP contribution in [-0.4, -0.2) is 48.9 Å². The van der Waals surface area contributed by atoms with Crippen LogP contribution in [0.25, 0.3) is 0 Å². The lowest BCUT2D eigenvalue weighted by molar-refractivity contribution is -0.130. The molecule has 0 radical (unpaired) electrons. The van der Waals surface area contributed by atoms with E-state index in [1.165, 1.54) is 24.0 Å². The van der Waals surface area contributed by atoms with Crippen LogP contribution in [0.3, 0.4) is 0 Å². The SMILES string of the molecule is CN1CCC(c2ccc(Cl)cc2CCC(=O)N2CCCC2)CC1. The van der Waals surface area contributed by atoms with Gasteiger partial charge in [-0.2, -0.15) is 0 Å². The predicted octanol–water partition coefficient (Wildman–Crippen LogP) is 3.70. The van der Waals surface area contributed by atoms with Gasteiger partial charge in [0.1, 0.15) is 0 Å². The lowest BCUT2D eigenvalue weighted by Gasteiger charge is -2.30. The Labute approximate surface area is 144 Å². The number of aryl methyl sites for hydroxylation is 1. The molecule has 1 aromatic carbocycles. The molecule has 4 heteroatoms. The molecule has 2 aliphatic rings. The first-order chi connectivity index (χ1) is 11.1. The van der Waals surface area contributed by atoms with E-state index >= 15 is 0 Å². The van der Waals surface area contributed by atoms with Crippen molar-refractivity contribution >= 4 is 17.5 Å². The molecule has 0 unspecified atom stereocenters. The maximum Gasteiger partial charge on any atom is 0.222 e. The van der Waals surface area contributed by atoms with Crippen LogP contribution in [0.2, 0.25) is 5.02 Å². The van der Waals surface area contributed by atoms with Crippen molar-refractivity contribution in [3.05, 3.63) is 34.3 Å². The molecule has 1 aromatic rings. The van der Waals surface area contributed by atoms with Crippen LogP contribution in [-0.2, 0) is 11.2 Å². The Balaban J connectivity index is 1.67. The molecule has 2 fully saturated rings. The number of carbonyl (C=O) groups is 1. The van der Waals surface area contributed by atoms with Gasteiger partial charge in [0.2, 0.25) is 5.91 Å². The second-order valence-corrected chi connectivity index (χ2v) is 7.45. The van der Waals surface area contributed by atoms with E-state index in [0.29, 0.717) is 18.2 Å². The predicted molar refractivity (Wildman–Crippen MR) is 95.1 cm³/mol. The van der Waals surface area contributed by atoms with Crippen LogP contribution in [0.4, 0.5) is 0 Å². The minimum atomic E-state index is 0.303. The maximum atomic E-state index is 12.3. The van der Waals surface area contributed by atoms with Gasteiger partial charge in [-0.3, -0.25) is 4.79 Å². The van der Waals surface area contributed by atoms with Gasteiger partial charge >= 0.3 is 0 Å². The fourth-order valence-electron chi connectivity index (χ4n) is 3.87. The zero-order chi connectivity index (χ0) is 16.2. The molecule has 0 bridgehead atoms. The summed E-state index contributed by atoms with van der Waals surface area (Å²) in [7, 11) is 2.19. The second-order valence-electron chi connectivity index (χ2n) is 7.01. The molecule has 1 amide bonds. The van der Waals surface area contributed by atoms with Crippen molar-refractivity contribution in [2.24, 2.45) is 0 Å². The van der Waals surface area contributed by atoms with Crippen LogP contribution < -0.4 is 0 Å². The summed E-state index contributed by atoms with van der Waals surface area (Å²) in [5.41, 5.74) is 2.69. The van der Waals surface area contributed by atoms with E-state index in [-0.39, 0.29) is 0 Å². The zero-order valence-corrected chi connectivity index (χ0v) is 14.8. The summed E-state index contributed by atoms with van der Waals surface area (Å²) in [6.45, 7) is 4.19. The highest BCUT2D eigenvalue weighted by molar-refractivity contribution is 6.30. The fourth-order valence-corrected chi connectivity index (χ4v) is 4.07. The summed E-state index contributed by atoms with van der Waals surface area (Å²) in [6.07, 6.45) is 6.14. The fraction of sp³-hybridized carbons (Fsp3) is 0.632. The molecule has 0 spiro atoms. The normalized spacial score (nSPS) is 20.2. The maximum absolute atomic E-state index is 12.3. The smallest absolute Gasteiger partial charge is 0.222 e. The zero-order valence-electron chi connectivity index (χ0n) is 14.1. The summed E-state index contributed by atoms with van der Waals surface area (Å²) >= 11 is 6.22. The molecule has 2 aliphatic heterocycles. The van der Waals surface area contributed by atoms with Crippen LogP contribution in [0.5, 0.6) is 0 Å². The van der Waals surface area contributed by atoms with E-state index in [9.17, 15) is 4.79 Å². The number of halogens is 1. The third-order valence-electron chi connectivity index (χ3n) is 5.33. The number of rotatable bonds is 4. The first-order valence-corrected chi connectivity index (χ1v) is 9.26. The lowest BCUT2D eigenvalue weighted by atomic mass is 9.85. The summed E-state index contributed by atoms with van der Waals surface area (Å²) in [4.78, 5) is 16.7. The lowest BCUT2D eigenvalue weighted by Crippen LogP contribution is -2.30. The largest absolute Gasteiger partial charge is 0.343 e. The molecular formula is C19H27ClN2O. The van der Waals surface area contributed by atoms with Gasteiger partial charge in [-0.05, 0) is 81.4 Å². The van der Waals surface area contributed by atoms with Crippen molar-refractivity contribution in [3.63, 3.8) is 0 Å². The van der Waals surface area contributed by atoms with Gasteiger partial charge in [-0.25, -0.2) is 0 Å². The van der Waals surface area contributed by atoms with Crippen molar-refractivity contribution in [3.8, 4) is 0 Å². The summed E-state index contributed by atoms with van der Waals surface area (Å²) in [5, 5.41) is 0.783. The Morgan fingerprint density at radius 1 is 1.17 bits per heavy atom. The molecule has 0 saturated carbocycles. The first kappa shape index (κ1) is 16.8. The highest BCUT2D eigenvalue weighted by Crippen LogP contribution is 2.32. The van der Waals surface area contributed by atoms with Crippen molar-refractivity contribution in [1.82, 2.24) is 9.80 Å². The number of piperidine rings is 1. The van der Waals surface area contributed by atoms with Gasteiger partial charge in [-0.1, -0.05) is 17.7 Å². The number of likely N-dealkylation sites (tertiary alicyclic amines) is 2. The Hall–Kier alpha value is -1.06. The van der Waals surface area contributed by atoms with Gasteiger partial charge in [0.05, 0.1) is 0 Å². The number of amides is 1. The number of hydrogen-bond acceptors (Lipinski definition) is 2. The average molecular weight is 335 g/mol. The van der Waals surface area contributed by atoms with Crippen molar-refractivity contribution in [2.45, 2.75) is 44.4 Å². The van der Waals surface area contributed by atoms with Gasteiger partial charge in [0.15, 0.2) is 0 Å². The van der Waals surface area contributed by atoms with Crippen LogP contribution in [0.15, 0.2) is 18.2 Å². The molecule has 0 atom stereocenters. The molecule has 0 N–H and O–H groups in total. The Morgan fingerprint density at radius 2 is 1.87 bits per heavy atom. The van der Waals surface area contributed by atoms with Crippen LogP contribution >= 0.6 is 11.6 Å². The van der Waals surface area contributed by atoms with Gasteiger partial charge in [-0.15, -0.1) is 0 Å². The van der Waals surface area contributed by atoms with Crippen LogP contribution in [0, 0.1) is 0 Å². The van der Waals surface area contributed by atoms with E-state index in [1.54, 1.807) is 0 Å². The Bertz CT molecular complexity index is 546. The molecule has 2 saturated heterocycles. The van der Waals surface area contributed by atoms with Crippen molar-refractivity contribution in [1.29, 1.82) is 0 Å². The van der Waals surface area contributed by atoms with Gasteiger partial charge in [0, 0.05) is 24.5 Å². The monoisotopic (exact) mass is 334 g/mol. The second kappa shape index (κ2) is 7.67. The molecule has 0 aromatic heterocycles. The number of carbonyl (C=O) groups excluding carboxylic acids is 1. The Morgan fingerprint density at radius 3 is 2.57 bits per heavy atom. The summed E-state index contributed by atoms with van der Waals surface area (Å²) < 4.78 is 0. The Kier molecular flexibility index (Phi) is 5.60. The third kappa shape index (κ3) is 4.27. The molecule has 3 rings (SSSR count). The summed E-state index contributed by atoms with van der Waals surface area (Å²) in [6, 6.07) is 6.27. The average Bonchev–Trinajstić information content (AvgIpc) is 3.08. The minimum absolute atomic E-state index is 0.303. The topological polar surface area (TPSA) is 23.6 Å². The molecule has 23 heavy (non-hydrogen) atoms. The van der Waals surface area contributed by atoms with Gasteiger partial charge < -0.3 is 9.80 Å². The quantitative estimate of drug-likeness (QED) is 0.838. The van der Waals surface area contributed by atoms with Crippen molar-refractivity contribution in [2.75, 3.05) is 33.2 Å². The van der Waals surface area contributed by atoms with Crippen molar-refractivity contribution < 1.29 is 4.79 Å². The standard InChI is InChI=1S/C19H27ClN2O/c1-21-12-8-15(9-13-21)18-6-5-17(20)14-16(18)4-7-19(23)22-10-2-3-11-22/h5-6,14-15H,2-4,7-13H2,1H3. The third-order valence-corrected chi connectivity index (χ3v) is 5.57. The molecular weight excluding hydrogens is 308 g/mol. The molecule has 0 aliphatic carbocycles. The molecule has 3 nitrogen and oxygen atoms in total. The van der Waals surface area contributed by atoms with E-state index in [4.69, 9.17) is 11.6 Å². The van der Waals surface area contributed by atoms with E-state index in [1.807, 2.05) is 11.0 Å². The molecule has 126 valence electrons. The molecule has 2 heterocycles. The minimum Gasteiger partial charge on any atom is -0.343 e. The number of benzene rings is 1. The highest BCUT2D eigenvalue weighted by Gasteiger charge is 2.22.